The minimum absolute atomic E-state index is 1.17. The molecular weight excluding hydrogens is 162 g/mol. The van der Waals surface area contributed by atoms with Crippen molar-refractivity contribution < 1.29 is 0 Å². The van der Waals surface area contributed by atoms with Gasteiger partial charge in [-0.1, -0.05) is 0 Å². The molecule has 0 aliphatic rings. The zero-order chi connectivity index (χ0) is 7.14. The molecule has 1 nitrogen and oxygen atoms in total. The van der Waals surface area contributed by atoms with Crippen molar-refractivity contribution in [2.75, 3.05) is 0 Å². The van der Waals surface area contributed by atoms with Gasteiger partial charge in [0.05, 0.1) is 9.71 Å². The molecule has 52 valence electrons. The van der Waals surface area contributed by atoms with Crippen LogP contribution in [0.3, 0.4) is 0 Å². The van der Waals surface area contributed by atoms with E-state index in [9.17, 15) is 0 Å². The highest BCUT2D eigenvalue weighted by atomic mass is 32.1. The van der Waals surface area contributed by atoms with Crippen molar-refractivity contribution in [1.82, 2.24) is 4.98 Å². The van der Waals surface area contributed by atoms with Crippen molar-refractivity contribution in [2.45, 2.75) is 13.8 Å². The Morgan fingerprint density at radius 2 is 2.10 bits per heavy atom. The average Bonchev–Trinajstić information content (AvgIpc) is 2.21. The lowest BCUT2D eigenvalue weighted by atomic mass is 10.5. The van der Waals surface area contributed by atoms with Crippen molar-refractivity contribution in [2.24, 2.45) is 0 Å². The van der Waals surface area contributed by atoms with E-state index in [0.717, 1.165) is 0 Å². The summed E-state index contributed by atoms with van der Waals surface area (Å²) in [7, 11) is 0. The van der Waals surface area contributed by atoms with Crippen LogP contribution < -0.4 is 0 Å². The fourth-order valence-electron chi connectivity index (χ4n) is 0.955. The van der Waals surface area contributed by atoms with Gasteiger partial charge in [0.15, 0.2) is 0 Å². The third-order valence-corrected chi connectivity index (χ3v) is 3.31. The number of rotatable bonds is 0. The zero-order valence-corrected chi connectivity index (χ0v) is 7.47. The lowest BCUT2D eigenvalue weighted by Crippen LogP contribution is -1.60. The van der Waals surface area contributed by atoms with Crippen LogP contribution in [0.4, 0.5) is 0 Å². The van der Waals surface area contributed by atoms with Gasteiger partial charge in [0.2, 0.25) is 0 Å². The number of hydrogen-bond acceptors (Lipinski definition) is 3. The van der Waals surface area contributed by atoms with Crippen LogP contribution in [-0.2, 0) is 0 Å². The average molecular weight is 169 g/mol. The molecule has 0 saturated carbocycles. The molecular formula is C7H7NS2. The van der Waals surface area contributed by atoms with Crippen LogP contribution in [-0.4, -0.2) is 4.98 Å². The monoisotopic (exact) mass is 169 g/mol. The van der Waals surface area contributed by atoms with Gasteiger partial charge < -0.3 is 0 Å². The Kier molecular flexibility index (Phi) is 1.28. The van der Waals surface area contributed by atoms with Gasteiger partial charge in [-0.3, -0.25) is 0 Å². The first-order valence-electron chi connectivity index (χ1n) is 3.09. The standard InChI is InChI=1S/C7H7NS2/c1-4-3-6-7(9-4)8-5(2)10-6/h3H,1-2H3. The third-order valence-electron chi connectivity index (χ3n) is 1.32. The number of fused-ring (bicyclic) bond motifs is 1. The van der Waals surface area contributed by atoms with Crippen LogP contribution in [0.25, 0.3) is 9.53 Å². The molecule has 0 radical (unpaired) electrons. The molecule has 3 heteroatoms. The normalized spacial score (nSPS) is 11.0. The van der Waals surface area contributed by atoms with Crippen molar-refractivity contribution in [1.29, 1.82) is 0 Å². The second-order valence-corrected chi connectivity index (χ2v) is 4.73. The molecule has 10 heavy (non-hydrogen) atoms. The van der Waals surface area contributed by atoms with Crippen molar-refractivity contribution in [3.8, 4) is 0 Å². The summed E-state index contributed by atoms with van der Waals surface area (Å²) in [5.74, 6) is 0. The molecule has 2 aromatic rings. The molecule has 0 unspecified atom stereocenters. The molecule has 0 amide bonds. The Hall–Kier alpha value is -0.410. The Balaban J connectivity index is 2.83. The van der Waals surface area contributed by atoms with E-state index in [1.165, 1.54) is 19.4 Å². The third kappa shape index (κ3) is 0.859. The van der Waals surface area contributed by atoms with Crippen molar-refractivity contribution in [3.63, 3.8) is 0 Å². The number of thiazole rings is 1. The number of aryl methyl sites for hydroxylation is 2. The quantitative estimate of drug-likeness (QED) is 0.591. The first-order chi connectivity index (χ1) is 4.75. The van der Waals surface area contributed by atoms with Gasteiger partial charge in [-0.2, -0.15) is 0 Å². The minimum atomic E-state index is 1.17. The smallest absolute Gasteiger partial charge is 0.134 e. The van der Waals surface area contributed by atoms with E-state index in [2.05, 4.69) is 18.0 Å². The maximum absolute atomic E-state index is 4.37. The van der Waals surface area contributed by atoms with Gasteiger partial charge in [-0.25, -0.2) is 4.98 Å². The van der Waals surface area contributed by atoms with Gasteiger partial charge >= 0.3 is 0 Å². The lowest BCUT2D eigenvalue weighted by Gasteiger charge is -1.74. The molecule has 2 heterocycles. The molecule has 2 rings (SSSR count). The van der Waals surface area contributed by atoms with E-state index in [1.807, 2.05) is 6.92 Å². The lowest BCUT2D eigenvalue weighted by molar-refractivity contribution is 1.36. The van der Waals surface area contributed by atoms with Crippen LogP contribution in [0, 0.1) is 13.8 Å². The molecule has 0 aliphatic carbocycles. The van der Waals surface area contributed by atoms with Crippen LogP contribution in [0.1, 0.15) is 9.88 Å². The van der Waals surface area contributed by atoms with Crippen LogP contribution >= 0.6 is 22.7 Å². The molecule has 0 aliphatic heterocycles. The predicted octanol–water partition coefficient (Wildman–Crippen LogP) is 2.97. The molecule has 0 saturated heterocycles. The first kappa shape index (κ1) is 6.31. The summed E-state index contributed by atoms with van der Waals surface area (Å²) >= 11 is 3.54. The van der Waals surface area contributed by atoms with E-state index in [0.29, 0.717) is 0 Å². The Bertz CT molecular complexity index is 295. The van der Waals surface area contributed by atoms with E-state index in [-0.39, 0.29) is 0 Å². The molecule has 0 fully saturated rings. The number of aromatic nitrogens is 1. The molecule has 0 atom stereocenters. The first-order valence-corrected chi connectivity index (χ1v) is 4.72. The van der Waals surface area contributed by atoms with Crippen LogP contribution in [0.15, 0.2) is 6.07 Å². The fraction of sp³-hybridized carbons (Fsp3) is 0.286. The van der Waals surface area contributed by atoms with E-state index < -0.39 is 0 Å². The summed E-state index contributed by atoms with van der Waals surface area (Å²) in [6, 6.07) is 2.20. The summed E-state index contributed by atoms with van der Waals surface area (Å²) < 4.78 is 1.33. The molecule has 0 aromatic carbocycles. The summed E-state index contributed by atoms with van der Waals surface area (Å²) in [6.07, 6.45) is 0. The minimum Gasteiger partial charge on any atom is -0.231 e. The van der Waals surface area contributed by atoms with Crippen molar-refractivity contribution in [3.05, 3.63) is 16.0 Å². The van der Waals surface area contributed by atoms with Gasteiger partial charge in [0.25, 0.3) is 0 Å². The van der Waals surface area contributed by atoms with E-state index in [4.69, 9.17) is 0 Å². The highest BCUT2D eigenvalue weighted by Gasteiger charge is 2.01. The van der Waals surface area contributed by atoms with Crippen molar-refractivity contribution >= 4 is 32.2 Å². The maximum atomic E-state index is 4.37. The summed E-state index contributed by atoms with van der Waals surface area (Å²) in [5, 5.41) is 1.17. The Morgan fingerprint density at radius 1 is 1.30 bits per heavy atom. The van der Waals surface area contributed by atoms with Crippen LogP contribution in [0.5, 0.6) is 0 Å². The maximum Gasteiger partial charge on any atom is 0.134 e. The molecule has 0 spiro atoms. The highest BCUT2D eigenvalue weighted by Crippen LogP contribution is 2.28. The highest BCUT2D eigenvalue weighted by molar-refractivity contribution is 7.27. The number of thiophene rings is 1. The van der Waals surface area contributed by atoms with E-state index in [1.54, 1.807) is 22.7 Å². The van der Waals surface area contributed by atoms with Gasteiger partial charge in [-0.05, 0) is 19.9 Å². The Morgan fingerprint density at radius 3 is 2.80 bits per heavy atom. The second kappa shape index (κ2) is 2.04. The fourth-order valence-corrected chi connectivity index (χ4v) is 2.98. The Labute approximate surface area is 67.3 Å². The summed E-state index contributed by atoms with van der Waals surface area (Å²) in [4.78, 5) is 6.92. The largest absolute Gasteiger partial charge is 0.231 e. The predicted molar refractivity (Wildman–Crippen MR) is 47.0 cm³/mol. The number of hydrogen-bond donors (Lipinski definition) is 0. The van der Waals surface area contributed by atoms with Gasteiger partial charge in [0, 0.05) is 4.88 Å². The SMILES string of the molecule is Cc1cc2sc(C)nc2s1. The molecule has 0 bridgehead atoms. The van der Waals surface area contributed by atoms with Gasteiger partial charge in [0.1, 0.15) is 4.83 Å². The number of nitrogens with zero attached hydrogens (tertiary/aromatic N) is 1. The topological polar surface area (TPSA) is 12.9 Å². The van der Waals surface area contributed by atoms with E-state index >= 15 is 0 Å². The molecule has 0 N–H and O–H groups in total. The summed E-state index contributed by atoms with van der Waals surface area (Å²) in [5.41, 5.74) is 0. The second-order valence-electron chi connectivity index (χ2n) is 2.26. The molecule has 2 aromatic heterocycles. The zero-order valence-electron chi connectivity index (χ0n) is 5.84. The van der Waals surface area contributed by atoms with Crippen LogP contribution in [0.2, 0.25) is 0 Å². The summed E-state index contributed by atoms with van der Waals surface area (Å²) in [6.45, 7) is 4.17. The van der Waals surface area contributed by atoms with Gasteiger partial charge in [-0.15, -0.1) is 22.7 Å².